The molecule has 0 aliphatic rings. The third kappa shape index (κ3) is 7.92. The zero-order valence-corrected chi connectivity index (χ0v) is 21.8. The first-order valence-electron chi connectivity index (χ1n) is 11.0. The molecule has 0 bridgehead atoms. The van der Waals surface area contributed by atoms with Crippen LogP contribution in [-0.2, 0) is 6.42 Å². The van der Waals surface area contributed by atoms with Crippen molar-refractivity contribution < 1.29 is 9.53 Å². The smallest absolute Gasteiger partial charge is 0.253 e. The number of nitrogens with zero attached hydrogens (tertiary/aromatic N) is 2. The maximum atomic E-state index is 12.2. The van der Waals surface area contributed by atoms with E-state index in [-0.39, 0.29) is 29.9 Å². The van der Waals surface area contributed by atoms with Crippen molar-refractivity contribution in [2.75, 3.05) is 40.3 Å². The van der Waals surface area contributed by atoms with E-state index in [1.807, 2.05) is 55.5 Å². The van der Waals surface area contributed by atoms with E-state index in [0.29, 0.717) is 25.3 Å². The van der Waals surface area contributed by atoms with Crippen molar-refractivity contribution in [2.45, 2.75) is 13.3 Å². The van der Waals surface area contributed by atoms with Crippen LogP contribution in [0, 0.1) is 0 Å². The molecular weight excluding hydrogens is 527 g/mol. The van der Waals surface area contributed by atoms with Gasteiger partial charge in [-0.1, -0.05) is 48.5 Å². The molecular formula is C26H33IN4O2. The number of carbonyl (C=O) groups excluding carboxylic acids is 1. The van der Waals surface area contributed by atoms with Gasteiger partial charge in [0.05, 0.1) is 6.54 Å². The molecule has 1 amide bonds. The van der Waals surface area contributed by atoms with Gasteiger partial charge in [-0.3, -0.25) is 9.79 Å². The molecule has 0 aliphatic carbocycles. The maximum Gasteiger partial charge on any atom is 0.253 e. The molecule has 33 heavy (non-hydrogen) atoms. The number of nitrogens with one attached hydrogen (secondary N) is 2. The van der Waals surface area contributed by atoms with Crippen LogP contribution in [0.5, 0.6) is 5.75 Å². The number of hydrogen-bond acceptors (Lipinski definition) is 3. The maximum absolute atomic E-state index is 12.2. The SMILES string of the molecule is CCNC(=NCCc1cccc(C(=O)N(C)C)c1)NCCOc1cccc2ccccc12.I. The van der Waals surface area contributed by atoms with Crippen LogP contribution in [0.15, 0.2) is 71.7 Å². The second-order valence-electron chi connectivity index (χ2n) is 7.66. The van der Waals surface area contributed by atoms with Gasteiger partial charge in [0.1, 0.15) is 12.4 Å². The highest BCUT2D eigenvalue weighted by atomic mass is 127. The fourth-order valence-corrected chi connectivity index (χ4v) is 3.41. The predicted octanol–water partition coefficient (Wildman–Crippen LogP) is 4.34. The van der Waals surface area contributed by atoms with E-state index in [1.54, 1.807) is 19.0 Å². The van der Waals surface area contributed by atoms with Crippen LogP contribution in [0.4, 0.5) is 0 Å². The fourth-order valence-electron chi connectivity index (χ4n) is 3.41. The van der Waals surface area contributed by atoms with E-state index in [2.05, 4.69) is 33.8 Å². The molecule has 6 nitrogen and oxygen atoms in total. The van der Waals surface area contributed by atoms with Gasteiger partial charge in [-0.25, -0.2) is 0 Å². The lowest BCUT2D eigenvalue weighted by Gasteiger charge is -2.13. The van der Waals surface area contributed by atoms with Gasteiger partial charge >= 0.3 is 0 Å². The highest BCUT2D eigenvalue weighted by molar-refractivity contribution is 14.0. The van der Waals surface area contributed by atoms with Gasteiger partial charge in [-0.15, -0.1) is 24.0 Å². The molecule has 0 fully saturated rings. The molecule has 0 heterocycles. The average molecular weight is 560 g/mol. The number of hydrogen-bond donors (Lipinski definition) is 2. The van der Waals surface area contributed by atoms with Gasteiger partial charge in [-0.2, -0.15) is 0 Å². The molecule has 0 unspecified atom stereocenters. The lowest BCUT2D eigenvalue weighted by Crippen LogP contribution is -2.39. The summed E-state index contributed by atoms with van der Waals surface area (Å²) >= 11 is 0. The van der Waals surface area contributed by atoms with E-state index in [0.717, 1.165) is 35.6 Å². The van der Waals surface area contributed by atoms with Crippen molar-refractivity contribution >= 4 is 46.6 Å². The largest absolute Gasteiger partial charge is 0.491 e. The minimum Gasteiger partial charge on any atom is -0.491 e. The topological polar surface area (TPSA) is 66.0 Å². The Morgan fingerprint density at radius 3 is 2.55 bits per heavy atom. The lowest BCUT2D eigenvalue weighted by molar-refractivity contribution is 0.0827. The van der Waals surface area contributed by atoms with E-state index in [1.165, 1.54) is 5.39 Å². The molecule has 3 aromatic rings. The van der Waals surface area contributed by atoms with Gasteiger partial charge in [0, 0.05) is 38.1 Å². The Morgan fingerprint density at radius 1 is 1.00 bits per heavy atom. The van der Waals surface area contributed by atoms with Crippen LogP contribution in [0.2, 0.25) is 0 Å². The molecule has 0 atom stereocenters. The van der Waals surface area contributed by atoms with Crippen molar-refractivity contribution in [3.05, 3.63) is 77.9 Å². The number of halogens is 1. The Balaban J connectivity index is 0.00000385. The quantitative estimate of drug-likeness (QED) is 0.177. The van der Waals surface area contributed by atoms with Crippen LogP contribution in [0.1, 0.15) is 22.8 Å². The van der Waals surface area contributed by atoms with Crippen LogP contribution in [-0.4, -0.2) is 57.1 Å². The molecule has 0 spiro atoms. The number of guanidine groups is 1. The summed E-state index contributed by atoms with van der Waals surface area (Å²) in [5, 5.41) is 8.87. The van der Waals surface area contributed by atoms with Crippen LogP contribution < -0.4 is 15.4 Å². The van der Waals surface area contributed by atoms with E-state index in [4.69, 9.17) is 4.74 Å². The Kier molecular flexibility index (Phi) is 11.0. The second-order valence-corrected chi connectivity index (χ2v) is 7.66. The van der Waals surface area contributed by atoms with Crippen LogP contribution in [0.3, 0.4) is 0 Å². The zero-order chi connectivity index (χ0) is 22.8. The summed E-state index contributed by atoms with van der Waals surface area (Å²) in [6.07, 6.45) is 0.762. The Labute approximate surface area is 213 Å². The van der Waals surface area contributed by atoms with E-state index in [9.17, 15) is 4.79 Å². The van der Waals surface area contributed by atoms with Crippen molar-refractivity contribution in [2.24, 2.45) is 4.99 Å². The summed E-state index contributed by atoms with van der Waals surface area (Å²) < 4.78 is 6.00. The number of ether oxygens (including phenoxy) is 1. The minimum absolute atomic E-state index is 0. The molecule has 176 valence electrons. The molecule has 7 heteroatoms. The Morgan fingerprint density at radius 2 is 1.76 bits per heavy atom. The molecule has 0 saturated heterocycles. The Hall–Kier alpha value is -2.81. The van der Waals surface area contributed by atoms with Crippen molar-refractivity contribution in [3.63, 3.8) is 0 Å². The Bertz CT molecular complexity index is 1060. The van der Waals surface area contributed by atoms with Gasteiger partial charge in [0.2, 0.25) is 0 Å². The third-order valence-electron chi connectivity index (χ3n) is 5.00. The number of fused-ring (bicyclic) bond motifs is 1. The normalized spacial score (nSPS) is 10.9. The number of aliphatic imine (C=N–C) groups is 1. The summed E-state index contributed by atoms with van der Waals surface area (Å²) in [5.74, 6) is 1.66. The summed E-state index contributed by atoms with van der Waals surface area (Å²) in [6.45, 7) is 4.62. The number of carbonyl (C=O) groups is 1. The van der Waals surface area contributed by atoms with E-state index < -0.39 is 0 Å². The molecule has 0 aromatic heterocycles. The molecule has 3 rings (SSSR count). The first-order chi connectivity index (χ1) is 15.6. The van der Waals surface area contributed by atoms with Crippen LogP contribution >= 0.6 is 24.0 Å². The molecule has 0 radical (unpaired) electrons. The zero-order valence-electron chi connectivity index (χ0n) is 19.5. The second kappa shape index (κ2) is 13.7. The van der Waals surface area contributed by atoms with Crippen molar-refractivity contribution in [1.29, 1.82) is 0 Å². The fraction of sp³-hybridized carbons (Fsp3) is 0.308. The molecule has 3 aromatic carbocycles. The van der Waals surface area contributed by atoms with Crippen molar-refractivity contribution in [1.82, 2.24) is 15.5 Å². The minimum atomic E-state index is 0. The first-order valence-corrected chi connectivity index (χ1v) is 11.0. The van der Waals surface area contributed by atoms with Crippen molar-refractivity contribution in [3.8, 4) is 5.75 Å². The monoisotopic (exact) mass is 560 g/mol. The highest BCUT2D eigenvalue weighted by Crippen LogP contribution is 2.24. The van der Waals surface area contributed by atoms with Gasteiger partial charge in [0.25, 0.3) is 5.91 Å². The van der Waals surface area contributed by atoms with Crippen LogP contribution in [0.25, 0.3) is 10.8 Å². The highest BCUT2D eigenvalue weighted by Gasteiger charge is 2.08. The lowest BCUT2D eigenvalue weighted by atomic mass is 10.1. The molecule has 0 aliphatic heterocycles. The summed E-state index contributed by atoms with van der Waals surface area (Å²) in [7, 11) is 3.52. The number of benzene rings is 3. The summed E-state index contributed by atoms with van der Waals surface area (Å²) in [5.41, 5.74) is 1.80. The first kappa shape index (κ1) is 26.4. The molecule has 0 saturated carbocycles. The van der Waals surface area contributed by atoms with E-state index >= 15 is 0 Å². The third-order valence-corrected chi connectivity index (χ3v) is 5.00. The number of amides is 1. The average Bonchev–Trinajstić information content (AvgIpc) is 2.81. The number of rotatable bonds is 9. The van der Waals surface area contributed by atoms with Gasteiger partial charge in [0.15, 0.2) is 5.96 Å². The van der Waals surface area contributed by atoms with Gasteiger partial charge < -0.3 is 20.3 Å². The molecule has 2 N–H and O–H groups in total. The van der Waals surface area contributed by atoms with Gasteiger partial charge in [-0.05, 0) is 42.5 Å². The predicted molar refractivity (Wildman–Crippen MR) is 147 cm³/mol. The summed E-state index contributed by atoms with van der Waals surface area (Å²) in [6, 6.07) is 22.0. The standard InChI is InChI=1S/C26H32N4O2.HI/c1-4-27-26(28-16-15-20-9-7-12-22(19-20)25(31)30(2)3)29-17-18-32-24-14-8-11-21-10-5-6-13-23(21)24;/h5-14,19H,4,15-18H2,1-3H3,(H2,27,28,29);1H. The summed E-state index contributed by atoms with van der Waals surface area (Å²) in [4.78, 5) is 18.4.